The first-order valence-electron chi connectivity index (χ1n) is 19.7. The Hall–Kier alpha value is -6.64. The fourth-order valence-electron chi connectivity index (χ4n) is 9.86. The molecule has 0 fully saturated rings. The van der Waals surface area contributed by atoms with Gasteiger partial charge in [-0.1, -0.05) is 173 Å². The number of benzene rings is 8. The predicted octanol–water partition coefficient (Wildman–Crippen LogP) is 14.1. The van der Waals surface area contributed by atoms with E-state index in [4.69, 9.17) is 9.97 Å². The van der Waals surface area contributed by atoms with Gasteiger partial charge in [-0.3, -0.25) is 0 Å². The summed E-state index contributed by atoms with van der Waals surface area (Å²) in [5, 5.41) is 4.97. The summed E-state index contributed by atoms with van der Waals surface area (Å²) < 4.78 is 0. The van der Waals surface area contributed by atoms with Crippen molar-refractivity contribution in [3.8, 4) is 67.3 Å². The van der Waals surface area contributed by atoms with Gasteiger partial charge in [0, 0.05) is 27.5 Å². The lowest BCUT2D eigenvalue weighted by Gasteiger charge is -2.24. The minimum absolute atomic E-state index is 0.112. The standard InChI is InChI=1S/C54H40N2/c1-53(2)47-31-36(25-26-41(47)45-29-34-17-8-9-18-35(34)30-48(45)53)37-27-28-42(39-20-11-10-19-38(37)39)49-32-50(56-52(55-49)33-15-6-5-7-16-33)44-23-14-22-43-40-21-12-13-24-46(40)54(3,4)51(43)44/h5-32H,1-4H3. The summed E-state index contributed by atoms with van der Waals surface area (Å²) in [6.45, 7) is 9.43. The maximum absolute atomic E-state index is 5.32. The van der Waals surface area contributed by atoms with Crippen LogP contribution in [0.25, 0.3) is 88.8 Å². The normalized spacial score (nSPS) is 14.4. The Morgan fingerprint density at radius 2 is 0.911 bits per heavy atom. The van der Waals surface area contributed by atoms with E-state index in [1.165, 1.54) is 77.2 Å². The highest BCUT2D eigenvalue weighted by Gasteiger charge is 2.38. The molecule has 2 nitrogen and oxygen atoms in total. The van der Waals surface area contributed by atoms with Crippen LogP contribution in [0.2, 0.25) is 0 Å². The number of nitrogens with zero attached hydrogens (tertiary/aromatic N) is 2. The molecule has 266 valence electrons. The molecule has 1 heterocycles. The van der Waals surface area contributed by atoms with Gasteiger partial charge in [0.05, 0.1) is 11.4 Å². The van der Waals surface area contributed by atoms with Crippen molar-refractivity contribution in [3.05, 3.63) is 192 Å². The van der Waals surface area contributed by atoms with Crippen molar-refractivity contribution in [2.75, 3.05) is 0 Å². The Morgan fingerprint density at radius 1 is 0.339 bits per heavy atom. The average molecular weight is 717 g/mol. The molecular formula is C54H40N2. The van der Waals surface area contributed by atoms with E-state index < -0.39 is 0 Å². The lowest BCUT2D eigenvalue weighted by molar-refractivity contribution is 0.661. The largest absolute Gasteiger partial charge is 0.228 e. The van der Waals surface area contributed by atoms with E-state index in [1.54, 1.807) is 0 Å². The van der Waals surface area contributed by atoms with Crippen LogP contribution in [0.3, 0.4) is 0 Å². The third kappa shape index (κ3) is 4.75. The van der Waals surface area contributed by atoms with Crippen LogP contribution in [-0.2, 0) is 10.8 Å². The maximum atomic E-state index is 5.32. The smallest absolute Gasteiger partial charge is 0.160 e. The van der Waals surface area contributed by atoms with E-state index in [2.05, 4.69) is 191 Å². The number of fused-ring (bicyclic) bond motifs is 8. The molecule has 0 bridgehead atoms. The van der Waals surface area contributed by atoms with E-state index >= 15 is 0 Å². The van der Waals surface area contributed by atoms with Crippen molar-refractivity contribution in [2.24, 2.45) is 0 Å². The van der Waals surface area contributed by atoms with E-state index in [9.17, 15) is 0 Å². The zero-order chi connectivity index (χ0) is 37.8. The minimum atomic E-state index is -0.172. The zero-order valence-corrected chi connectivity index (χ0v) is 32.1. The molecular weight excluding hydrogens is 677 g/mol. The van der Waals surface area contributed by atoms with E-state index in [-0.39, 0.29) is 10.8 Å². The van der Waals surface area contributed by atoms with Crippen LogP contribution in [0.15, 0.2) is 170 Å². The Labute approximate surface area is 328 Å². The van der Waals surface area contributed by atoms with Crippen LogP contribution < -0.4 is 0 Å². The first-order valence-corrected chi connectivity index (χ1v) is 19.7. The number of hydrogen-bond acceptors (Lipinski definition) is 2. The molecule has 2 heteroatoms. The summed E-state index contributed by atoms with van der Waals surface area (Å²) in [4.78, 5) is 10.6. The van der Waals surface area contributed by atoms with Gasteiger partial charge in [-0.2, -0.15) is 0 Å². The second kappa shape index (κ2) is 11.9. The van der Waals surface area contributed by atoms with Crippen molar-refractivity contribution in [2.45, 2.75) is 38.5 Å². The van der Waals surface area contributed by atoms with Gasteiger partial charge in [0.15, 0.2) is 5.82 Å². The second-order valence-electron chi connectivity index (χ2n) is 16.6. The molecule has 8 aromatic carbocycles. The Bertz CT molecular complexity index is 3080. The highest BCUT2D eigenvalue weighted by Crippen LogP contribution is 2.53. The SMILES string of the molecule is CC1(C)c2cc(-c3ccc(-c4cc(-c5cccc6c5C(C)(C)c5ccccc5-6)nc(-c5ccccc5)n4)c4ccccc34)ccc2-c2cc3ccccc3cc21. The van der Waals surface area contributed by atoms with Crippen molar-refractivity contribution in [3.63, 3.8) is 0 Å². The van der Waals surface area contributed by atoms with E-state index in [0.717, 1.165) is 33.9 Å². The summed E-state index contributed by atoms with van der Waals surface area (Å²) in [6.07, 6.45) is 0. The highest BCUT2D eigenvalue weighted by molar-refractivity contribution is 6.05. The molecule has 2 aliphatic rings. The maximum Gasteiger partial charge on any atom is 0.160 e. The van der Waals surface area contributed by atoms with Gasteiger partial charge in [-0.15, -0.1) is 0 Å². The van der Waals surface area contributed by atoms with Gasteiger partial charge >= 0.3 is 0 Å². The molecule has 56 heavy (non-hydrogen) atoms. The predicted molar refractivity (Wildman–Crippen MR) is 234 cm³/mol. The van der Waals surface area contributed by atoms with Gasteiger partial charge in [0.25, 0.3) is 0 Å². The molecule has 0 atom stereocenters. The molecule has 0 saturated carbocycles. The molecule has 2 aliphatic carbocycles. The molecule has 0 aliphatic heterocycles. The summed E-state index contributed by atoms with van der Waals surface area (Å²) in [5.74, 6) is 0.727. The number of rotatable bonds is 4. The van der Waals surface area contributed by atoms with Gasteiger partial charge in [0.1, 0.15) is 0 Å². The summed E-state index contributed by atoms with van der Waals surface area (Å²) >= 11 is 0. The number of aromatic nitrogens is 2. The third-order valence-electron chi connectivity index (χ3n) is 12.7. The molecule has 0 radical (unpaired) electrons. The van der Waals surface area contributed by atoms with E-state index in [0.29, 0.717) is 0 Å². The third-order valence-corrected chi connectivity index (χ3v) is 12.7. The molecule has 9 aromatic rings. The van der Waals surface area contributed by atoms with Crippen LogP contribution in [-0.4, -0.2) is 9.97 Å². The molecule has 0 spiro atoms. The molecule has 1 aromatic heterocycles. The van der Waals surface area contributed by atoms with Gasteiger partial charge in [-0.25, -0.2) is 9.97 Å². The summed E-state index contributed by atoms with van der Waals surface area (Å²) in [5.41, 5.74) is 18.0. The first-order chi connectivity index (χ1) is 27.3. The monoisotopic (exact) mass is 716 g/mol. The molecule has 0 unspecified atom stereocenters. The molecule has 0 saturated heterocycles. The molecule has 0 N–H and O–H groups in total. The highest BCUT2D eigenvalue weighted by atomic mass is 14.9. The van der Waals surface area contributed by atoms with Crippen molar-refractivity contribution in [1.82, 2.24) is 9.97 Å². The Morgan fingerprint density at radius 3 is 1.71 bits per heavy atom. The minimum Gasteiger partial charge on any atom is -0.228 e. The lowest BCUT2D eigenvalue weighted by Crippen LogP contribution is -2.16. The fraction of sp³-hybridized carbons (Fsp3) is 0.111. The first kappa shape index (κ1) is 32.8. The Balaban J connectivity index is 1.08. The van der Waals surface area contributed by atoms with E-state index in [1.807, 2.05) is 6.07 Å². The summed E-state index contributed by atoms with van der Waals surface area (Å²) in [7, 11) is 0. The Kier molecular flexibility index (Phi) is 6.98. The fourth-order valence-corrected chi connectivity index (χ4v) is 9.86. The van der Waals surface area contributed by atoms with Crippen LogP contribution in [0.5, 0.6) is 0 Å². The van der Waals surface area contributed by atoms with Crippen molar-refractivity contribution >= 4 is 21.5 Å². The van der Waals surface area contributed by atoms with Gasteiger partial charge in [-0.05, 0) is 101 Å². The second-order valence-corrected chi connectivity index (χ2v) is 16.6. The van der Waals surface area contributed by atoms with Gasteiger partial charge in [0.2, 0.25) is 0 Å². The average Bonchev–Trinajstić information content (AvgIpc) is 3.61. The molecule has 0 amide bonds. The zero-order valence-electron chi connectivity index (χ0n) is 32.1. The topological polar surface area (TPSA) is 25.8 Å². The van der Waals surface area contributed by atoms with Crippen LogP contribution in [0.1, 0.15) is 49.9 Å². The van der Waals surface area contributed by atoms with Crippen LogP contribution in [0.4, 0.5) is 0 Å². The number of hydrogen-bond donors (Lipinski definition) is 0. The lowest BCUT2D eigenvalue weighted by atomic mass is 9.79. The quantitative estimate of drug-likeness (QED) is 0.181. The van der Waals surface area contributed by atoms with Gasteiger partial charge < -0.3 is 0 Å². The van der Waals surface area contributed by atoms with Crippen molar-refractivity contribution in [1.29, 1.82) is 0 Å². The molecule has 11 rings (SSSR count). The summed E-state index contributed by atoms with van der Waals surface area (Å²) in [6, 6.07) is 62.1. The van der Waals surface area contributed by atoms with Crippen LogP contribution >= 0.6 is 0 Å². The van der Waals surface area contributed by atoms with Crippen molar-refractivity contribution < 1.29 is 0 Å². The van der Waals surface area contributed by atoms with Crippen LogP contribution in [0, 0.1) is 0 Å².